The van der Waals surface area contributed by atoms with Gasteiger partial charge in [0.05, 0.1) is 24.8 Å². The van der Waals surface area contributed by atoms with Gasteiger partial charge in [0.25, 0.3) is 0 Å². The third-order valence-corrected chi connectivity index (χ3v) is 5.94. The zero-order valence-electron chi connectivity index (χ0n) is 16.5. The lowest BCUT2D eigenvalue weighted by Crippen LogP contribution is -2.46. The molecule has 2 aromatic carbocycles. The molecule has 0 spiro atoms. The normalized spacial score (nSPS) is 20.4. The van der Waals surface area contributed by atoms with Crippen LogP contribution in [0.1, 0.15) is 18.5 Å². The summed E-state index contributed by atoms with van der Waals surface area (Å²) >= 11 is 1.68. The molecule has 0 unspecified atom stereocenters. The Balaban J connectivity index is 1.71. The highest BCUT2D eigenvalue weighted by Gasteiger charge is 2.41. The number of aromatic nitrogens is 3. The maximum absolute atomic E-state index is 13.4. The van der Waals surface area contributed by atoms with Crippen molar-refractivity contribution < 1.29 is 9.53 Å². The van der Waals surface area contributed by atoms with Crippen LogP contribution < -0.4 is 15.4 Å². The van der Waals surface area contributed by atoms with Gasteiger partial charge in [-0.25, -0.2) is 4.68 Å². The molecular weight excluding hydrogens is 386 g/mol. The van der Waals surface area contributed by atoms with Crippen molar-refractivity contribution in [3.8, 4) is 5.75 Å². The number of fused-ring (bicyclic) bond motifs is 1. The number of rotatable bonds is 5. The molecule has 0 fully saturated rings. The number of benzene rings is 2. The summed E-state index contributed by atoms with van der Waals surface area (Å²) in [6, 6.07) is 15.3. The van der Waals surface area contributed by atoms with Gasteiger partial charge in [-0.05, 0) is 43.0 Å². The molecule has 2 N–H and O–H groups in total. The molecule has 0 aliphatic carbocycles. The molecule has 0 bridgehead atoms. The van der Waals surface area contributed by atoms with E-state index in [-0.39, 0.29) is 18.0 Å². The minimum atomic E-state index is -0.394. The van der Waals surface area contributed by atoms with E-state index in [1.165, 1.54) is 11.2 Å². The van der Waals surface area contributed by atoms with Gasteiger partial charge in [0.15, 0.2) is 0 Å². The molecule has 0 saturated carbocycles. The second-order valence-corrected chi connectivity index (χ2v) is 7.77. The number of nitrogens with one attached hydrogen (secondary N) is 2. The van der Waals surface area contributed by atoms with Crippen molar-refractivity contribution >= 4 is 29.3 Å². The summed E-state index contributed by atoms with van der Waals surface area (Å²) in [4.78, 5) is 18.9. The van der Waals surface area contributed by atoms with Gasteiger partial charge in [0, 0.05) is 10.9 Å². The van der Waals surface area contributed by atoms with E-state index < -0.39 is 5.92 Å². The zero-order chi connectivity index (χ0) is 20.4. The number of carbonyl (C=O) groups excluding carboxylic acids is 1. The van der Waals surface area contributed by atoms with Gasteiger partial charge in [-0.15, -0.1) is 11.8 Å². The average molecular weight is 410 g/mol. The van der Waals surface area contributed by atoms with Crippen LogP contribution in [0, 0.1) is 5.92 Å². The molecule has 29 heavy (non-hydrogen) atoms. The number of carbonyl (C=O) groups is 1. The topological polar surface area (TPSA) is 81.1 Å². The smallest absolute Gasteiger partial charge is 0.232 e. The Hall–Kier alpha value is -3.00. The quantitative estimate of drug-likeness (QED) is 0.626. The first-order chi connectivity index (χ1) is 14.1. The number of ether oxygens (including phenoxy) is 1. The monoisotopic (exact) mass is 409 g/mol. The first-order valence-electron chi connectivity index (χ1n) is 9.36. The predicted octanol–water partition coefficient (Wildman–Crippen LogP) is 3.67. The largest absolute Gasteiger partial charge is 0.495 e. The SMILES string of the molecule is COc1ccccc1NC(=O)[C@@H]1[C@H](C)Nc2ncnn2[C@H]1c1ccc(SC)cc1. The van der Waals surface area contributed by atoms with Gasteiger partial charge in [0.1, 0.15) is 12.1 Å². The van der Waals surface area contributed by atoms with E-state index in [2.05, 4.69) is 45.0 Å². The predicted molar refractivity (Wildman–Crippen MR) is 115 cm³/mol. The fraction of sp³-hybridized carbons (Fsp3) is 0.286. The number of para-hydroxylation sites is 2. The van der Waals surface area contributed by atoms with E-state index in [4.69, 9.17) is 4.74 Å². The van der Waals surface area contributed by atoms with Crippen LogP contribution in [0.3, 0.4) is 0 Å². The lowest BCUT2D eigenvalue weighted by Gasteiger charge is -2.37. The number of thioether (sulfide) groups is 1. The number of hydrogen-bond acceptors (Lipinski definition) is 6. The van der Waals surface area contributed by atoms with Crippen molar-refractivity contribution in [2.24, 2.45) is 5.92 Å². The van der Waals surface area contributed by atoms with Crippen molar-refractivity contribution in [1.29, 1.82) is 0 Å². The minimum absolute atomic E-state index is 0.102. The van der Waals surface area contributed by atoms with Crippen LogP contribution in [0.15, 0.2) is 59.8 Å². The van der Waals surface area contributed by atoms with E-state index in [9.17, 15) is 4.79 Å². The zero-order valence-corrected chi connectivity index (χ0v) is 17.3. The van der Waals surface area contributed by atoms with Crippen LogP contribution in [0.5, 0.6) is 5.75 Å². The second kappa shape index (κ2) is 8.16. The highest BCUT2D eigenvalue weighted by atomic mass is 32.2. The third kappa shape index (κ3) is 3.67. The first kappa shape index (κ1) is 19.3. The molecule has 3 aromatic rings. The molecule has 7 nitrogen and oxygen atoms in total. The van der Waals surface area contributed by atoms with Crippen molar-refractivity contribution in [3.63, 3.8) is 0 Å². The fourth-order valence-corrected chi connectivity index (χ4v) is 4.17. The molecule has 2 heterocycles. The van der Waals surface area contributed by atoms with Crippen LogP contribution in [-0.2, 0) is 4.79 Å². The van der Waals surface area contributed by atoms with E-state index in [1.54, 1.807) is 23.6 Å². The summed E-state index contributed by atoms with van der Waals surface area (Å²) in [6.45, 7) is 1.99. The average Bonchev–Trinajstić information content (AvgIpc) is 3.21. The maximum atomic E-state index is 13.4. The second-order valence-electron chi connectivity index (χ2n) is 6.89. The molecule has 0 radical (unpaired) electrons. The molecule has 8 heteroatoms. The molecule has 150 valence electrons. The summed E-state index contributed by atoms with van der Waals surface area (Å²) in [7, 11) is 1.59. The van der Waals surface area contributed by atoms with Crippen LogP contribution in [-0.4, -0.2) is 40.1 Å². The Morgan fingerprint density at radius 1 is 1.21 bits per heavy atom. The molecule has 3 atom stereocenters. The molecule has 1 aliphatic rings. The minimum Gasteiger partial charge on any atom is -0.495 e. The number of amides is 1. The Labute approximate surface area is 173 Å². The van der Waals surface area contributed by atoms with Crippen molar-refractivity contribution in [2.45, 2.75) is 23.9 Å². The van der Waals surface area contributed by atoms with Gasteiger partial charge in [-0.3, -0.25) is 4.79 Å². The first-order valence-corrected chi connectivity index (χ1v) is 10.6. The molecule has 0 saturated heterocycles. The Morgan fingerprint density at radius 3 is 2.69 bits per heavy atom. The number of anilines is 2. The van der Waals surface area contributed by atoms with Crippen LogP contribution in [0.2, 0.25) is 0 Å². The molecule has 4 rings (SSSR count). The fourth-order valence-electron chi connectivity index (χ4n) is 3.76. The summed E-state index contributed by atoms with van der Waals surface area (Å²) in [6.07, 6.45) is 3.56. The van der Waals surface area contributed by atoms with Gasteiger partial charge in [-0.1, -0.05) is 24.3 Å². The van der Waals surface area contributed by atoms with E-state index in [0.717, 1.165) is 5.56 Å². The van der Waals surface area contributed by atoms with Crippen molar-refractivity contribution in [2.75, 3.05) is 24.0 Å². The summed E-state index contributed by atoms with van der Waals surface area (Å²) in [5, 5.41) is 10.7. The summed E-state index contributed by atoms with van der Waals surface area (Å²) in [5.74, 6) is 0.793. The number of hydrogen-bond donors (Lipinski definition) is 2. The highest BCUT2D eigenvalue weighted by Crippen LogP contribution is 2.37. The lowest BCUT2D eigenvalue weighted by molar-refractivity contribution is -0.121. The Morgan fingerprint density at radius 2 is 1.97 bits per heavy atom. The van der Waals surface area contributed by atoms with Crippen molar-refractivity contribution in [1.82, 2.24) is 14.8 Å². The van der Waals surface area contributed by atoms with E-state index in [1.807, 2.05) is 37.4 Å². The standard InChI is InChI=1S/C21H23N5O2S/c1-13-18(20(27)25-16-6-4-5-7-17(16)28-2)19(26-21(24-13)22-12-23-26)14-8-10-15(29-3)11-9-14/h4-13,18-19H,1-3H3,(H,25,27)(H,22,23,24)/t13-,18+,19-/m0/s1. The van der Waals surface area contributed by atoms with E-state index >= 15 is 0 Å². The van der Waals surface area contributed by atoms with Gasteiger partial charge >= 0.3 is 0 Å². The lowest BCUT2D eigenvalue weighted by atomic mass is 9.85. The van der Waals surface area contributed by atoms with Gasteiger partial charge < -0.3 is 15.4 Å². The van der Waals surface area contributed by atoms with Crippen LogP contribution in [0.4, 0.5) is 11.6 Å². The third-order valence-electron chi connectivity index (χ3n) is 5.20. The highest BCUT2D eigenvalue weighted by molar-refractivity contribution is 7.98. The van der Waals surface area contributed by atoms with Crippen LogP contribution >= 0.6 is 11.8 Å². The summed E-state index contributed by atoms with van der Waals surface area (Å²) < 4.78 is 7.17. The number of methoxy groups -OCH3 is 1. The van der Waals surface area contributed by atoms with Crippen LogP contribution in [0.25, 0.3) is 0 Å². The Kier molecular flexibility index (Phi) is 5.44. The van der Waals surface area contributed by atoms with Crippen molar-refractivity contribution in [3.05, 3.63) is 60.4 Å². The number of nitrogens with zero attached hydrogens (tertiary/aromatic N) is 3. The molecule has 1 aliphatic heterocycles. The van der Waals surface area contributed by atoms with Gasteiger partial charge in [0.2, 0.25) is 11.9 Å². The van der Waals surface area contributed by atoms with Gasteiger partial charge in [-0.2, -0.15) is 10.1 Å². The maximum Gasteiger partial charge on any atom is 0.232 e. The summed E-state index contributed by atoms with van der Waals surface area (Å²) in [5.41, 5.74) is 1.66. The Bertz CT molecular complexity index is 1000. The molecule has 1 amide bonds. The molecule has 1 aromatic heterocycles. The molecular formula is C21H23N5O2S. The van der Waals surface area contributed by atoms with E-state index in [0.29, 0.717) is 17.4 Å².